The van der Waals surface area contributed by atoms with Crippen molar-refractivity contribution in [1.82, 2.24) is 9.78 Å². The zero-order valence-corrected chi connectivity index (χ0v) is 17.4. The maximum absolute atomic E-state index is 12.9. The van der Waals surface area contributed by atoms with E-state index in [1.807, 2.05) is 31.2 Å². The molecule has 6 nitrogen and oxygen atoms in total. The number of hydrogen-bond acceptors (Lipinski definition) is 4. The lowest BCUT2D eigenvalue weighted by atomic mass is 10.2. The number of carbonyl (C=O) groups is 1. The molecule has 0 saturated carbocycles. The summed E-state index contributed by atoms with van der Waals surface area (Å²) >= 11 is 6.22. The van der Waals surface area contributed by atoms with E-state index in [0.29, 0.717) is 28.9 Å². The first-order valence-corrected chi connectivity index (χ1v) is 9.92. The van der Waals surface area contributed by atoms with Crippen molar-refractivity contribution in [3.8, 4) is 5.75 Å². The number of carbonyl (C=O) groups excluding carboxylic acids is 1. The van der Waals surface area contributed by atoms with Gasteiger partial charge in [0, 0.05) is 16.8 Å². The van der Waals surface area contributed by atoms with Crippen LogP contribution < -0.4 is 10.1 Å². The fraction of sp³-hybridized carbons (Fsp3) is 0.130. The number of furan rings is 1. The molecule has 0 radical (unpaired) electrons. The number of aromatic nitrogens is 2. The maximum atomic E-state index is 12.9. The van der Waals surface area contributed by atoms with E-state index >= 15 is 0 Å². The summed E-state index contributed by atoms with van der Waals surface area (Å²) in [5.74, 6) is 0.758. The molecule has 2 aromatic heterocycles. The quantitative estimate of drug-likeness (QED) is 0.415. The Morgan fingerprint density at radius 2 is 1.94 bits per heavy atom. The molecule has 0 aliphatic heterocycles. The van der Waals surface area contributed by atoms with Crippen LogP contribution >= 0.6 is 11.6 Å². The SMILES string of the molecule is Cc1cc(NC(=O)c2ccc(COc3ccc(F)cc3)o2)nn1Cc1ccccc1Cl. The molecule has 8 heteroatoms. The third kappa shape index (κ3) is 5.13. The molecule has 0 aliphatic rings. The maximum Gasteiger partial charge on any atom is 0.292 e. The van der Waals surface area contributed by atoms with Gasteiger partial charge < -0.3 is 14.5 Å². The van der Waals surface area contributed by atoms with E-state index in [4.69, 9.17) is 20.8 Å². The number of rotatable bonds is 7. The van der Waals surface area contributed by atoms with Gasteiger partial charge in [0.2, 0.25) is 0 Å². The molecular formula is C23H19ClFN3O3. The summed E-state index contributed by atoms with van der Waals surface area (Å²) in [6, 6.07) is 18.2. The highest BCUT2D eigenvalue weighted by molar-refractivity contribution is 6.31. The number of amides is 1. The highest BCUT2D eigenvalue weighted by atomic mass is 35.5. The summed E-state index contributed by atoms with van der Waals surface area (Å²) in [4.78, 5) is 12.5. The Morgan fingerprint density at radius 1 is 1.16 bits per heavy atom. The monoisotopic (exact) mass is 439 g/mol. The third-order valence-electron chi connectivity index (χ3n) is 4.58. The first kappa shape index (κ1) is 20.7. The Hall–Kier alpha value is -3.58. The van der Waals surface area contributed by atoms with Crippen LogP contribution in [0.15, 0.2) is 71.1 Å². The number of benzene rings is 2. The van der Waals surface area contributed by atoms with Crippen LogP contribution in [-0.2, 0) is 13.2 Å². The minimum absolute atomic E-state index is 0.116. The van der Waals surface area contributed by atoms with Crippen molar-refractivity contribution in [2.45, 2.75) is 20.1 Å². The molecule has 0 fully saturated rings. The minimum atomic E-state index is -0.421. The fourth-order valence-corrected chi connectivity index (χ4v) is 3.16. The Kier molecular flexibility index (Phi) is 6.04. The Morgan fingerprint density at radius 3 is 2.71 bits per heavy atom. The molecule has 0 atom stereocenters. The molecule has 1 amide bonds. The summed E-state index contributed by atoms with van der Waals surface area (Å²) in [6.45, 7) is 2.51. The van der Waals surface area contributed by atoms with Crippen LogP contribution in [0.4, 0.5) is 10.2 Å². The van der Waals surface area contributed by atoms with Crippen molar-refractivity contribution in [2.75, 3.05) is 5.32 Å². The van der Waals surface area contributed by atoms with Gasteiger partial charge in [-0.1, -0.05) is 29.8 Å². The van der Waals surface area contributed by atoms with Crippen molar-refractivity contribution in [1.29, 1.82) is 0 Å². The zero-order valence-electron chi connectivity index (χ0n) is 16.6. The second-order valence-electron chi connectivity index (χ2n) is 6.88. The van der Waals surface area contributed by atoms with Gasteiger partial charge in [-0.3, -0.25) is 9.48 Å². The number of aryl methyl sites for hydroxylation is 1. The van der Waals surface area contributed by atoms with Gasteiger partial charge >= 0.3 is 0 Å². The van der Waals surface area contributed by atoms with Gasteiger partial charge in [-0.2, -0.15) is 5.10 Å². The highest BCUT2D eigenvalue weighted by Gasteiger charge is 2.15. The lowest BCUT2D eigenvalue weighted by Gasteiger charge is -2.06. The zero-order chi connectivity index (χ0) is 21.8. The van der Waals surface area contributed by atoms with Gasteiger partial charge in [-0.15, -0.1) is 0 Å². The van der Waals surface area contributed by atoms with Crippen LogP contribution in [0, 0.1) is 12.7 Å². The Balaban J connectivity index is 1.37. The second-order valence-corrected chi connectivity index (χ2v) is 7.29. The smallest absolute Gasteiger partial charge is 0.292 e. The van der Waals surface area contributed by atoms with Gasteiger partial charge in [0.15, 0.2) is 11.6 Å². The molecule has 0 unspecified atom stereocenters. The fourth-order valence-electron chi connectivity index (χ4n) is 2.96. The molecule has 2 aromatic carbocycles. The molecule has 0 bridgehead atoms. The van der Waals surface area contributed by atoms with Crippen LogP contribution in [0.3, 0.4) is 0 Å². The van der Waals surface area contributed by atoms with Gasteiger partial charge in [-0.25, -0.2) is 4.39 Å². The van der Waals surface area contributed by atoms with Crippen LogP contribution in [0.25, 0.3) is 0 Å². The summed E-state index contributed by atoms with van der Waals surface area (Å²) < 4.78 is 25.8. The van der Waals surface area contributed by atoms with E-state index in [2.05, 4.69) is 10.4 Å². The third-order valence-corrected chi connectivity index (χ3v) is 4.95. The largest absolute Gasteiger partial charge is 0.486 e. The first-order valence-electron chi connectivity index (χ1n) is 9.54. The lowest BCUT2D eigenvalue weighted by molar-refractivity contribution is 0.0992. The summed E-state index contributed by atoms with van der Waals surface area (Å²) in [7, 11) is 0. The van der Waals surface area contributed by atoms with Crippen molar-refractivity contribution in [3.63, 3.8) is 0 Å². The van der Waals surface area contributed by atoms with E-state index < -0.39 is 5.91 Å². The lowest BCUT2D eigenvalue weighted by Crippen LogP contribution is -2.12. The van der Waals surface area contributed by atoms with Crippen molar-refractivity contribution in [2.24, 2.45) is 0 Å². The first-order chi connectivity index (χ1) is 15.0. The van der Waals surface area contributed by atoms with Crippen LogP contribution in [-0.4, -0.2) is 15.7 Å². The van der Waals surface area contributed by atoms with Crippen LogP contribution in [0.2, 0.25) is 5.02 Å². The van der Waals surface area contributed by atoms with Gasteiger partial charge in [0.25, 0.3) is 5.91 Å². The molecule has 0 spiro atoms. The molecule has 0 saturated heterocycles. The van der Waals surface area contributed by atoms with E-state index in [1.165, 1.54) is 24.3 Å². The standard InChI is InChI=1S/C23H19ClFN3O3/c1-15-12-22(27-28(15)13-16-4-2-3-5-20(16)24)26-23(29)21-11-10-19(31-21)14-30-18-8-6-17(25)7-9-18/h2-12H,13-14H2,1H3,(H,26,27,29). The normalized spacial score (nSPS) is 10.8. The topological polar surface area (TPSA) is 69.3 Å². The summed E-state index contributed by atoms with van der Waals surface area (Å²) in [5.41, 5.74) is 1.81. The number of halogens is 2. The Bertz CT molecular complexity index is 1200. The van der Waals surface area contributed by atoms with E-state index in [1.54, 1.807) is 22.9 Å². The number of anilines is 1. The van der Waals surface area contributed by atoms with E-state index in [9.17, 15) is 9.18 Å². The number of nitrogens with zero attached hydrogens (tertiary/aromatic N) is 2. The average Bonchev–Trinajstić information content (AvgIpc) is 3.36. The summed E-state index contributed by atoms with van der Waals surface area (Å²) in [6.07, 6.45) is 0. The second kappa shape index (κ2) is 9.06. The summed E-state index contributed by atoms with van der Waals surface area (Å²) in [5, 5.41) is 7.82. The molecule has 4 aromatic rings. The van der Waals surface area contributed by atoms with Crippen molar-refractivity contribution in [3.05, 3.63) is 100 Å². The predicted octanol–water partition coefficient (Wildman–Crippen LogP) is 5.46. The van der Waals surface area contributed by atoms with Crippen LogP contribution in [0.1, 0.15) is 27.6 Å². The van der Waals surface area contributed by atoms with E-state index in [0.717, 1.165) is 11.3 Å². The van der Waals surface area contributed by atoms with Gasteiger partial charge in [-0.05, 0) is 55.0 Å². The number of hydrogen-bond donors (Lipinski definition) is 1. The average molecular weight is 440 g/mol. The van der Waals surface area contributed by atoms with Gasteiger partial charge in [0.05, 0.1) is 6.54 Å². The number of nitrogens with one attached hydrogen (secondary N) is 1. The molecular weight excluding hydrogens is 421 g/mol. The van der Waals surface area contributed by atoms with E-state index in [-0.39, 0.29) is 18.2 Å². The minimum Gasteiger partial charge on any atom is -0.486 e. The van der Waals surface area contributed by atoms with Crippen molar-refractivity contribution >= 4 is 23.3 Å². The molecule has 2 heterocycles. The van der Waals surface area contributed by atoms with Crippen molar-refractivity contribution < 1.29 is 18.3 Å². The molecule has 31 heavy (non-hydrogen) atoms. The highest BCUT2D eigenvalue weighted by Crippen LogP contribution is 2.19. The number of ether oxygens (including phenoxy) is 1. The molecule has 4 rings (SSSR count). The van der Waals surface area contributed by atoms with Gasteiger partial charge in [0.1, 0.15) is 23.9 Å². The molecule has 0 aliphatic carbocycles. The molecule has 1 N–H and O–H groups in total. The molecule has 158 valence electrons. The predicted molar refractivity (Wildman–Crippen MR) is 115 cm³/mol. The van der Waals surface area contributed by atoms with Crippen LogP contribution in [0.5, 0.6) is 5.75 Å². The Labute approximate surface area is 183 Å².